The monoisotopic (exact) mass is 629 g/mol. The molecule has 0 unspecified atom stereocenters. The van der Waals surface area contributed by atoms with Crippen LogP contribution in [0.25, 0.3) is 0 Å². The van der Waals surface area contributed by atoms with Crippen LogP contribution >= 0.6 is 15.9 Å². The third-order valence-electron chi connectivity index (χ3n) is 5.95. The molecule has 8 nitrogen and oxygen atoms in total. The number of carbonyl (C=O) groups excluding carboxylic acids is 2. The lowest BCUT2D eigenvalue weighted by atomic mass is 10.1. The fraction of sp³-hybridized carbons (Fsp3) is 0.333. The number of benzene rings is 3. The number of rotatable bonds is 11. The van der Waals surface area contributed by atoms with Gasteiger partial charge in [0, 0.05) is 16.6 Å². The van der Waals surface area contributed by atoms with Gasteiger partial charge in [0.2, 0.25) is 11.8 Å². The van der Waals surface area contributed by atoms with Crippen molar-refractivity contribution in [3.8, 4) is 5.75 Å². The van der Waals surface area contributed by atoms with E-state index in [1.165, 1.54) is 17.0 Å². The van der Waals surface area contributed by atoms with Gasteiger partial charge in [0.05, 0.1) is 17.2 Å². The fourth-order valence-electron chi connectivity index (χ4n) is 4.06. The quantitative estimate of drug-likeness (QED) is 0.307. The molecule has 0 saturated heterocycles. The molecule has 1 N–H and O–H groups in total. The van der Waals surface area contributed by atoms with Crippen molar-refractivity contribution in [3.63, 3.8) is 0 Å². The lowest BCUT2D eigenvalue weighted by Crippen LogP contribution is -2.54. The molecule has 0 aliphatic rings. The number of nitrogens with one attached hydrogen (secondary N) is 1. The molecule has 0 heterocycles. The summed E-state index contributed by atoms with van der Waals surface area (Å²) in [4.78, 5) is 28.7. The highest BCUT2D eigenvalue weighted by Crippen LogP contribution is 2.33. The summed E-state index contributed by atoms with van der Waals surface area (Å²) in [5, 5.41) is 2.92. The van der Waals surface area contributed by atoms with Crippen LogP contribution in [-0.2, 0) is 26.2 Å². The third-order valence-corrected chi connectivity index (χ3v) is 8.22. The van der Waals surface area contributed by atoms with Crippen LogP contribution in [0.1, 0.15) is 40.2 Å². The zero-order valence-corrected chi connectivity index (χ0v) is 25.8. The van der Waals surface area contributed by atoms with E-state index in [4.69, 9.17) is 4.74 Å². The highest BCUT2D eigenvalue weighted by atomic mass is 79.9. The first kappa shape index (κ1) is 31.2. The molecule has 2 amide bonds. The first-order chi connectivity index (χ1) is 18.8. The van der Waals surface area contributed by atoms with Gasteiger partial charge >= 0.3 is 0 Å². The Kier molecular flexibility index (Phi) is 10.4. The van der Waals surface area contributed by atoms with Crippen LogP contribution in [-0.4, -0.2) is 49.9 Å². The van der Waals surface area contributed by atoms with Crippen molar-refractivity contribution in [1.29, 1.82) is 0 Å². The molecule has 0 aliphatic carbocycles. The molecule has 0 spiro atoms. The predicted octanol–water partition coefficient (Wildman–Crippen LogP) is 5.38. The molecular weight excluding hydrogens is 594 g/mol. The van der Waals surface area contributed by atoms with Gasteiger partial charge in [-0.25, -0.2) is 8.42 Å². The maximum absolute atomic E-state index is 14.1. The van der Waals surface area contributed by atoms with Crippen LogP contribution in [0.2, 0.25) is 0 Å². The summed E-state index contributed by atoms with van der Waals surface area (Å²) < 4.78 is 35.5. The maximum Gasteiger partial charge on any atom is 0.264 e. The molecule has 214 valence electrons. The fourth-order valence-corrected chi connectivity index (χ4v) is 5.95. The van der Waals surface area contributed by atoms with Gasteiger partial charge in [-0.2, -0.15) is 0 Å². The van der Waals surface area contributed by atoms with Crippen LogP contribution in [0, 0.1) is 0 Å². The van der Waals surface area contributed by atoms with E-state index in [9.17, 15) is 18.0 Å². The number of ether oxygens (including phenoxy) is 1. The highest BCUT2D eigenvalue weighted by Gasteiger charge is 2.34. The topological polar surface area (TPSA) is 96.0 Å². The molecule has 40 heavy (non-hydrogen) atoms. The molecule has 0 aliphatic heterocycles. The third kappa shape index (κ3) is 8.08. The van der Waals surface area contributed by atoms with Gasteiger partial charge in [-0.1, -0.05) is 58.4 Å². The summed E-state index contributed by atoms with van der Waals surface area (Å²) in [6.07, 6.45) is 0. The average Bonchev–Trinajstić information content (AvgIpc) is 2.90. The predicted molar refractivity (Wildman–Crippen MR) is 161 cm³/mol. The zero-order valence-electron chi connectivity index (χ0n) is 23.4. The highest BCUT2D eigenvalue weighted by molar-refractivity contribution is 9.10. The average molecular weight is 631 g/mol. The normalized spacial score (nSPS) is 12.3. The van der Waals surface area contributed by atoms with E-state index in [2.05, 4.69) is 21.2 Å². The van der Waals surface area contributed by atoms with E-state index in [0.717, 1.165) is 14.3 Å². The standard InChI is InChI=1S/C30H36BrN3O5S/c1-6-39-27-18-11-10-17-26(27)34(40(37,38)25-15-8-7-9-16-25)21-28(35)33(20-23-13-12-14-24(31)19-23)22(2)29(36)32-30(3,4)5/h7-19,22H,6,20-21H2,1-5H3,(H,32,36)/t22-/m1/s1. The number of halogens is 1. The molecular formula is C30H36BrN3O5S. The number of amides is 2. The molecule has 1 atom stereocenters. The minimum Gasteiger partial charge on any atom is -0.492 e. The molecule has 0 bridgehead atoms. The van der Waals surface area contributed by atoms with E-state index in [1.807, 2.05) is 45.0 Å². The summed E-state index contributed by atoms with van der Waals surface area (Å²) in [5.74, 6) is -0.556. The smallest absolute Gasteiger partial charge is 0.264 e. The summed E-state index contributed by atoms with van der Waals surface area (Å²) in [6.45, 7) is 8.88. The second-order valence-corrected chi connectivity index (χ2v) is 13.1. The van der Waals surface area contributed by atoms with E-state index < -0.39 is 34.1 Å². The number of nitrogens with zero attached hydrogens (tertiary/aromatic N) is 2. The Morgan fingerprint density at radius 3 is 2.25 bits per heavy atom. The van der Waals surface area contributed by atoms with E-state index in [1.54, 1.807) is 56.3 Å². The van der Waals surface area contributed by atoms with Gasteiger partial charge in [0.15, 0.2) is 0 Å². The van der Waals surface area contributed by atoms with Crippen molar-refractivity contribution < 1.29 is 22.7 Å². The summed E-state index contributed by atoms with van der Waals surface area (Å²) in [5.41, 5.74) is 0.496. The first-order valence-electron chi connectivity index (χ1n) is 13.0. The summed E-state index contributed by atoms with van der Waals surface area (Å²) in [6, 6.07) is 21.2. The molecule has 10 heteroatoms. The Morgan fingerprint density at radius 2 is 1.62 bits per heavy atom. The Morgan fingerprint density at radius 1 is 0.975 bits per heavy atom. The van der Waals surface area contributed by atoms with Crippen molar-refractivity contribution >= 4 is 43.5 Å². The second kappa shape index (κ2) is 13.3. The number of hydrogen-bond acceptors (Lipinski definition) is 5. The number of hydrogen-bond donors (Lipinski definition) is 1. The molecule has 0 fully saturated rings. The van der Waals surface area contributed by atoms with Gasteiger partial charge in [-0.15, -0.1) is 0 Å². The van der Waals surface area contributed by atoms with Crippen molar-refractivity contribution in [1.82, 2.24) is 10.2 Å². The SMILES string of the molecule is CCOc1ccccc1N(CC(=O)N(Cc1cccc(Br)c1)[C@H](C)C(=O)NC(C)(C)C)S(=O)(=O)c1ccccc1. The van der Waals surface area contributed by atoms with Crippen LogP contribution in [0.15, 0.2) is 88.2 Å². The Labute approximate surface area is 245 Å². The van der Waals surface area contributed by atoms with Crippen LogP contribution in [0.5, 0.6) is 5.75 Å². The Hall–Kier alpha value is -3.37. The van der Waals surface area contributed by atoms with Gasteiger partial charge in [0.1, 0.15) is 18.3 Å². The molecule has 0 radical (unpaired) electrons. The van der Waals surface area contributed by atoms with Gasteiger partial charge in [0.25, 0.3) is 10.0 Å². The van der Waals surface area contributed by atoms with E-state index in [0.29, 0.717) is 12.4 Å². The summed E-state index contributed by atoms with van der Waals surface area (Å²) >= 11 is 3.46. The largest absolute Gasteiger partial charge is 0.492 e. The van der Waals surface area contributed by atoms with Crippen molar-refractivity contribution in [2.75, 3.05) is 17.5 Å². The zero-order chi connectivity index (χ0) is 29.5. The number of carbonyl (C=O) groups is 2. The summed E-state index contributed by atoms with van der Waals surface area (Å²) in [7, 11) is -4.18. The Bertz CT molecular complexity index is 1420. The minimum atomic E-state index is -4.18. The van der Waals surface area contributed by atoms with E-state index in [-0.39, 0.29) is 23.0 Å². The first-order valence-corrected chi connectivity index (χ1v) is 15.2. The van der Waals surface area contributed by atoms with Crippen molar-refractivity contribution in [2.24, 2.45) is 0 Å². The molecule has 3 aromatic carbocycles. The van der Waals surface area contributed by atoms with Crippen LogP contribution in [0.3, 0.4) is 0 Å². The minimum absolute atomic E-state index is 0.0335. The number of anilines is 1. The lowest BCUT2D eigenvalue weighted by Gasteiger charge is -2.33. The maximum atomic E-state index is 14.1. The molecule has 0 aromatic heterocycles. The number of sulfonamides is 1. The van der Waals surface area contributed by atoms with Crippen LogP contribution in [0.4, 0.5) is 5.69 Å². The van der Waals surface area contributed by atoms with Gasteiger partial charge in [-0.3, -0.25) is 13.9 Å². The van der Waals surface area contributed by atoms with Crippen LogP contribution < -0.4 is 14.4 Å². The molecule has 0 saturated carbocycles. The molecule has 3 aromatic rings. The molecule has 3 rings (SSSR count). The van der Waals surface area contributed by atoms with Crippen molar-refractivity contribution in [2.45, 2.75) is 57.6 Å². The van der Waals surface area contributed by atoms with Crippen molar-refractivity contribution in [3.05, 3.63) is 88.9 Å². The Balaban J connectivity index is 2.08. The van der Waals surface area contributed by atoms with Gasteiger partial charge < -0.3 is 15.0 Å². The van der Waals surface area contributed by atoms with Gasteiger partial charge in [-0.05, 0) is 76.6 Å². The number of para-hydroxylation sites is 2. The second-order valence-electron chi connectivity index (χ2n) is 10.3. The van der Waals surface area contributed by atoms with E-state index >= 15 is 0 Å². The lowest BCUT2D eigenvalue weighted by molar-refractivity contribution is -0.140.